The molecule has 19 heavy (non-hydrogen) atoms. The number of hydrogen-bond acceptors (Lipinski definition) is 3. The molecule has 0 saturated heterocycles. The Labute approximate surface area is 124 Å². The van der Waals surface area contributed by atoms with Crippen LogP contribution in [0.15, 0.2) is 36.4 Å². The largest absolute Gasteiger partial charge is 0.455 e. The van der Waals surface area contributed by atoms with Crippen LogP contribution in [0.5, 0.6) is 11.5 Å². The molecule has 0 heterocycles. The lowest BCUT2D eigenvalue weighted by Crippen LogP contribution is -1.96. The van der Waals surface area contributed by atoms with Gasteiger partial charge in [0.15, 0.2) is 5.75 Å². The van der Waals surface area contributed by atoms with Gasteiger partial charge in [-0.05, 0) is 52.8 Å². The Morgan fingerprint density at radius 3 is 2.53 bits per heavy atom. The molecule has 0 radical (unpaired) electrons. The smallest absolute Gasteiger partial charge is 0.153 e. The zero-order valence-electron chi connectivity index (χ0n) is 10.1. The molecule has 2 aromatic carbocycles. The highest BCUT2D eigenvalue weighted by molar-refractivity contribution is 14.1. The lowest BCUT2D eigenvalue weighted by molar-refractivity contribution is 0.299. The van der Waals surface area contributed by atoms with Crippen molar-refractivity contribution in [3.63, 3.8) is 0 Å². The molecule has 2 rings (SSSR count). The summed E-state index contributed by atoms with van der Waals surface area (Å²) < 4.78 is 19.5. The van der Waals surface area contributed by atoms with Crippen molar-refractivity contribution < 1.29 is 14.2 Å². The molecule has 0 spiro atoms. The minimum absolute atomic E-state index is 0.107. The molecule has 0 aliphatic rings. The molecule has 0 amide bonds. The maximum atomic E-state index is 13.5. The van der Waals surface area contributed by atoms with Crippen molar-refractivity contribution in [2.45, 2.75) is 6.42 Å². The summed E-state index contributed by atoms with van der Waals surface area (Å²) in [5, 5.41) is 8.83. The van der Waals surface area contributed by atoms with Gasteiger partial charge in [-0.25, -0.2) is 4.39 Å². The van der Waals surface area contributed by atoms with E-state index in [1.807, 2.05) is 34.7 Å². The van der Waals surface area contributed by atoms with E-state index in [0.717, 1.165) is 5.56 Å². The topological polar surface area (TPSA) is 55.5 Å². The highest BCUT2D eigenvalue weighted by Crippen LogP contribution is 2.30. The van der Waals surface area contributed by atoms with Gasteiger partial charge in [-0.3, -0.25) is 0 Å². The van der Waals surface area contributed by atoms with Crippen molar-refractivity contribution in [3.05, 3.63) is 51.3 Å². The third-order valence-electron chi connectivity index (χ3n) is 2.60. The Bertz CT molecular complexity index is 572. The average Bonchev–Trinajstić information content (AvgIpc) is 2.38. The van der Waals surface area contributed by atoms with Crippen LogP contribution < -0.4 is 10.5 Å². The number of ether oxygens (including phenoxy) is 1. The standard InChI is InChI=1S/C14H13FINO2/c15-11-7-14(13(17)8-12(11)16)19-10-3-1-9(2-4-10)5-6-18/h1-4,7-8,18H,5-6,17H2. The van der Waals surface area contributed by atoms with Gasteiger partial charge in [-0.1, -0.05) is 12.1 Å². The molecular weight excluding hydrogens is 360 g/mol. The summed E-state index contributed by atoms with van der Waals surface area (Å²) >= 11 is 1.88. The molecule has 0 aliphatic carbocycles. The second-order valence-electron chi connectivity index (χ2n) is 4.02. The summed E-state index contributed by atoms with van der Waals surface area (Å²) in [5.74, 6) is 0.517. The predicted molar refractivity (Wildman–Crippen MR) is 80.8 cm³/mol. The molecule has 0 aromatic heterocycles. The normalized spacial score (nSPS) is 10.5. The zero-order chi connectivity index (χ0) is 13.8. The van der Waals surface area contributed by atoms with Crippen molar-refractivity contribution in [2.75, 3.05) is 12.3 Å². The molecule has 0 fully saturated rings. The Balaban J connectivity index is 2.19. The first-order valence-electron chi connectivity index (χ1n) is 5.72. The predicted octanol–water partition coefficient (Wildman–Crippen LogP) is 3.34. The number of hydrogen-bond donors (Lipinski definition) is 2. The molecule has 0 unspecified atom stereocenters. The van der Waals surface area contributed by atoms with E-state index in [4.69, 9.17) is 15.6 Å². The van der Waals surface area contributed by atoms with Crippen LogP contribution in [-0.2, 0) is 6.42 Å². The number of anilines is 1. The van der Waals surface area contributed by atoms with Gasteiger partial charge in [0.2, 0.25) is 0 Å². The fourth-order valence-electron chi connectivity index (χ4n) is 1.61. The van der Waals surface area contributed by atoms with E-state index in [0.29, 0.717) is 27.2 Å². The van der Waals surface area contributed by atoms with Crippen molar-refractivity contribution in [3.8, 4) is 11.5 Å². The van der Waals surface area contributed by atoms with Gasteiger partial charge in [-0.15, -0.1) is 0 Å². The van der Waals surface area contributed by atoms with E-state index in [1.54, 1.807) is 12.1 Å². The summed E-state index contributed by atoms with van der Waals surface area (Å²) in [6.07, 6.45) is 0.598. The van der Waals surface area contributed by atoms with Gasteiger partial charge >= 0.3 is 0 Å². The second kappa shape index (κ2) is 6.21. The van der Waals surface area contributed by atoms with E-state index in [1.165, 1.54) is 12.1 Å². The molecule has 0 bridgehead atoms. The van der Waals surface area contributed by atoms with Crippen molar-refractivity contribution >= 4 is 28.3 Å². The molecule has 0 saturated carbocycles. The average molecular weight is 373 g/mol. The van der Waals surface area contributed by atoms with Gasteiger partial charge < -0.3 is 15.6 Å². The SMILES string of the molecule is Nc1cc(I)c(F)cc1Oc1ccc(CCO)cc1. The Hall–Kier alpha value is -1.34. The van der Waals surface area contributed by atoms with Gasteiger partial charge in [-0.2, -0.15) is 0 Å². The van der Waals surface area contributed by atoms with Crippen molar-refractivity contribution in [2.24, 2.45) is 0 Å². The van der Waals surface area contributed by atoms with Crippen LogP contribution in [0, 0.1) is 9.39 Å². The summed E-state index contributed by atoms with van der Waals surface area (Å²) in [5.41, 5.74) is 7.19. The quantitative estimate of drug-likeness (QED) is 0.639. The molecule has 2 aromatic rings. The van der Waals surface area contributed by atoms with E-state index in [-0.39, 0.29) is 12.4 Å². The van der Waals surface area contributed by atoms with E-state index in [2.05, 4.69) is 0 Å². The third-order valence-corrected chi connectivity index (χ3v) is 3.43. The molecular formula is C14H13FINO2. The van der Waals surface area contributed by atoms with Gasteiger partial charge in [0.05, 0.1) is 9.26 Å². The number of nitrogen functional groups attached to an aromatic ring is 1. The molecule has 3 N–H and O–H groups in total. The van der Waals surface area contributed by atoms with Crippen LogP contribution in [0.3, 0.4) is 0 Å². The number of halogens is 2. The second-order valence-corrected chi connectivity index (χ2v) is 5.19. The highest BCUT2D eigenvalue weighted by atomic mass is 127. The van der Waals surface area contributed by atoms with Crippen molar-refractivity contribution in [1.29, 1.82) is 0 Å². The Kier molecular flexibility index (Phi) is 4.60. The Morgan fingerprint density at radius 1 is 1.21 bits per heavy atom. The van der Waals surface area contributed by atoms with Crippen LogP contribution in [0.2, 0.25) is 0 Å². The van der Waals surface area contributed by atoms with Crippen molar-refractivity contribution in [1.82, 2.24) is 0 Å². The monoisotopic (exact) mass is 373 g/mol. The summed E-state index contributed by atoms with van der Waals surface area (Å²) in [7, 11) is 0. The van der Waals surface area contributed by atoms with Crippen LogP contribution >= 0.6 is 22.6 Å². The summed E-state index contributed by atoms with van der Waals surface area (Å²) in [6.45, 7) is 0.107. The minimum Gasteiger partial charge on any atom is -0.455 e. The van der Waals surface area contributed by atoms with E-state index in [9.17, 15) is 4.39 Å². The molecule has 0 atom stereocenters. The lowest BCUT2D eigenvalue weighted by Gasteiger charge is -2.10. The number of rotatable bonds is 4. The van der Waals surface area contributed by atoms with Crippen LogP contribution in [0.25, 0.3) is 0 Å². The van der Waals surface area contributed by atoms with Crippen LogP contribution in [0.1, 0.15) is 5.56 Å². The maximum Gasteiger partial charge on any atom is 0.153 e. The fraction of sp³-hybridized carbons (Fsp3) is 0.143. The maximum absolute atomic E-state index is 13.5. The third kappa shape index (κ3) is 3.57. The van der Waals surface area contributed by atoms with E-state index >= 15 is 0 Å². The van der Waals surface area contributed by atoms with Gasteiger partial charge in [0.25, 0.3) is 0 Å². The molecule has 3 nitrogen and oxygen atoms in total. The number of aliphatic hydroxyl groups is 1. The summed E-state index contributed by atoms with van der Waals surface area (Å²) in [6, 6.07) is 10.0. The summed E-state index contributed by atoms with van der Waals surface area (Å²) in [4.78, 5) is 0. The van der Waals surface area contributed by atoms with Crippen LogP contribution in [0.4, 0.5) is 10.1 Å². The van der Waals surface area contributed by atoms with Gasteiger partial charge in [0, 0.05) is 12.7 Å². The first-order chi connectivity index (χ1) is 9.10. The Morgan fingerprint density at radius 2 is 1.89 bits per heavy atom. The molecule has 100 valence electrons. The zero-order valence-corrected chi connectivity index (χ0v) is 12.2. The molecule has 0 aliphatic heterocycles. The van der Waals surface area contributed by atoms with Gasteiger partial charge in [0.1, 0.15) is 11.6 Å². The fourth-order valence-corrected chi connectivity index (χ4v) is 2.10. The highest BCUT2D eigenvalue weighted by Gasteiger charge is 2.08. The number of nitrogens with two attached hydrogens (primary N) is 1. The minimum atomic E-state index is -0.360. The first kappa shape index (κ1) is 14.1. The van der Waals surface area contributed by atoms with Crippen LogP contribution in [-0.4, -0.2) is 11.7 Å². The first-order valence-corrected chi connectivity index (χ1v) is 6.80. The number of aliphatic hydroxyl groups excluding tert-OH is 1. The number of benzene rings is 2. The molecule has 5 heteroatoms. The van der Waals surface area contributed by atoms with E-state index < -0.39 is 0 Å². The lowest BCUT2D eigenvalue weighted by atomic mass is 10.1.